The number of likely N-dealkylation sites (N-methyl/N-ethyl adjacent to an activating group) is 1. The topological polar surface area (TPSA) is 83.3 Å². The number of hydrogen-bond donors (Lipinski definition) is 1. The fourth-order valence-electron chi connectivity index (χ4n) is 4.61. The van der Waals surface area contributed by atoms with E-state index in [9.17, 15) is 14.7 Å². The number of quaternary nitrogens is 1. The van der Waals surface area contributed by atoms with Gasteiger partial charge in [-0.15, -0.1) is 0 Å². The number of nitrogens with zero attached hydrogens (tertiary/aromatic N) is 1. The third-order valence-corrected chi connectivity index (χ3v) is 6.75. The van der Waals surface area contributed by atoms with Gasteiger partial charge in [0.05, 0.1) is 45.4 Å². The molecule has 1 aliphatic rings. The fourth-order valence-corrected chi connectivity index (χ4v) is 4.61. The lowest BCUT2D eigenvalue weighted by atomic mass is 9.94. The number of Topliss-reactive ketones (excluding diaryl/α,β-unsaturated/α-hetero) is 1. The number of aryl methyl sites for hydroxylation is 1. The number of ketones is 1. The predicted molar refractivity (Wildman–Crippen MR) is 142 cm³/mol. The molecule has 1 unspecified atom stereocenters. The number of benzene rings is 2. The molecule has 7 nitrogen and oxygen atoms in total. The minimum atomic E-state index is -0.740. The van der Waals surface area contributed by atoms with Gasteiger partial charge in [0.1, 0.15) is 11.5 Å². The van der Waals surface area contributed by atoms with Crippen molar-refractivity contribution in [3.05, 3.63) is 64.7 Å². The van der Waals surface area contributed by atoms with Crippen LogP contribution in [-0.2, 0) is 9.59 Å². The van der Waals surface area contributed by atoms with Crippen molar-refractivity contribution in [2.75, 3.05) is 39.4 Å². The Balaban J connectivity index is 2.05. The number of ether oxygens (including phenoxy) is 2. The Hall–Kier alpha value is -3.32. The van der Waals surface area contributed by atoms with E-state index >= 15 is 0 Å². The molecule has 3 rings (SSSR count). The Bertz CT molecular complexity index is 1120. The summed E-state index contributed by atoms with van der Waals surface area (Å²) in [6.07, 6.45) is 0. The highest BCUT2D eigenvalue weighted by molar-refractivity contribution is 6.46. The van der Waals surface area contributed by atoms with Crippen molar-refractivity contribution in [2.45, 2.75) is 47.6 Å². The molecule has 7 heteroatoms. The van der Waals surface area contributed by atoms with E-state index in [1.165, 1.54) is 4.90 Å². The molecule has 0 aromatic heterocycles. The molecule has 0 bridgehead atoms. The summed E-state index contributed by atoms with van der Waals surface area (Å²) in [5.74, 6) is 0.00181. The molecule has 1 amide bonds. The molecule has 1 atom stereocenters. The average molecular weight is 509 g/mol. The third kappa shape index (κ3) is 6.52. The third-order valence-electron chi connectivity index (χ3n) is 6.75. The van der Waals surface area contributed by atoms with E-state index in [4.69, 9.17) is 9.47 Å². The summed E-state index contributed by atoms with van der Waals surface area (Å²) in [5.41, 5.74) is 1.90. The molecule has 1 saturated heterocycles. The number of rotatable bonds is 12. The summed E-state index contributed by atoms with van der Waals surface area (Å²) in [4.78, 5) is 29.4. The van der Waals surface area contributed by atoms with Crippen molar-refractivity contribution in [1.82, 2.24) is 4.90 Å². The van der Waals surface area contributed by atoms with Gasteiger partial charge in [-0.2, -0.15) is 0 Å². The van der Waals surface area contributed by atoms with Crippen LogP contribution in [0.3, 0.4) is 0 Å². The molecule has 0 spiro atoms. The highest BCUT2D eigenvalue weighted by Gasteiger charge is 2.44. The van der Waals surface area contributed by atoms with Crippen LogP contribution in [0, 0.1) is 12.8 Å². The van der Waals surface area contributed by atoms with Crippen LogP contribution in [0.1, 0.15) is 57.4 Å². The Labute approximate surface area is 220 Å². The smallest absolute Gasteiger partial charge is 0.295 e. The Morgan fingerprint density at radius 3 is 2.27 bits per heavy atom. The van der Waals surface area contributed by atoms with Gasteiger partial charge in [-0.1, -0.05) is 37.8 Å². The van der Waals surface area contributed by atoms with Crippen molar-refractivity contribution in [1.29, 1.82) is 0 Å². The van der Waals surface area contributed by atoms with Crippen molar-refractivity contribution in [2.24, 2.45) is 5.92 Å². The van der Waals surface area contributed by atoms with E-state index in [2.05, 4.69) is 27.7 Å². The van der Waals surface area contributed by atoms with Gasteiger partial charge >= 0.3 is 0 Å². The summed E-state index contributed by atoms with van der Waals surface area (Å²) in [6.45, 7) is 16.1. The molecule has 2 aromatic carbocycles. The second kappa shape index (κ2) is 12.8. The summed E-state index contributed by atoms with van der Waals surface area (Å²) in [7, 11) is 0. The number of carbonyl (C=O) groups is 2. The van der Waals surface area contributed by atoms with Crippen LogP contribution in [0.2, 0.25) is 0 Å². The average Bonchev–Trinajstić information content (AvgIpc) is 3.13. The lowest BCUT2D eigenvalue weighted by molar-refractivity contribution is -0.895. The fraction of sp³-hybridized carbons (Fsp3) is 0.467. The zero-order valence-corrected chi connectivity index (χ0v) is 22.9. The van der Waals surface area contributed by atoms with Crippen LogP contribution >= 0.6 is 0 Å². The molecule has 0 radical (unpaired) electrons. The SMILES string of the molecule is CCOc1ccc(C2/C(=C(\[O-])c3ccc(OCC(C)C)c(C)c3)C(=O)C(=O)N2CC[NH+](CC)CC)cc1. The number of hydrogen-bond acceptors (Lipinski definition) is 5. The van der Waals surface area contributed by atoms with E-state index in [1.54, 1.807) is 23.1 Å². The van der Waals surface area contributed by atoms with Gasteiger partial charge in [0.25, 0.3) is 5.91 Å². The minimum Gasteiger partial charge on any atom is -0.872 e. The van der Waals surface area contributed by atoms with Gasteiger partial charge in [-0.3, -0.25) is 9.59 Å². The van der Waals surface area contributed by atoms with E-state index in [1.807, 2.05) is 38.1 Å². The minimum absolute atomic E-state index is 0.000967. The predicted octanol–water partition coefficient (Wildman–Crippen LogP) is 2.58. The number of carbonyl (C=O) groups excluding carboxylic acids is 2. The van der Waals surface area contributed by atoms with Crippen molar-refractivity contribution >= 4 is 17.4 Å². The van der Waals surface area contributed by atoms with Gasteiger partial charge in [0, 0.05) is 5.57 Å². The van der Waals surface area contributed by atoms with Gasteiger partial charge in [-0.25, -0.2) is 0 Å². The quantitative estimate of drug-likeness (QED) is 0.271. The lowest BCUT2D eigenvalue weighted by Gasteiger charge is -2.28. The summed E-state index contributed by atoms with van der Waals surface area (Å²) in [5, 5.41) is 13.8. The standard InChI is InChI=1S/C30H40N2O5/c1-7-31(8-2)16-17-32-27(22-10-13-24(14-11-22)36-9-3)26(29(34)30(32)35)28(33)23-12-15-25(21(6)18-23)37-19-20(4)5/h10-15,18,20,27,33H,7-9,16-17,19H2,1-6H3/b28-26+. The van der Waals surface area contributed by atoms with Crippen LogP contribution in [0.15, 0.2) is 48.0 Å². The first-order valence-corrected chi connectivity index (χ1v) is 13.3. The lowest BCUT2D eigenvalue weighted by Crippen LogP contribution is -3.12. The zero-order valence-electron chi connectivity index (χ0n) is 22.9. The first-order valence-electron chi connectivity index (χ1n) is 13.3. The van der Waals surface area contributed by atoms with Crippen LogP contribution in [0.5, 0.6) is 11.5 Å². The summed E-state index contributed by atoms with van der Waals surface area (Å²) >= 11 is 0. The van der Waals surface area contributed by atoms with Gasteiger partial charge in [0.2, 0.25) is 5.78 Å². The molecule has 1 aliphatic heterocycles. The Morgan fingerprint density at radius 2 is 1.70 bits per heavy atom. The summed E-state index contributed by atoms with van der Waals surface area (Å²) in [6, 6.07) is 11.7. The second-order valence-corrected chi connectivity index (χ2v) is 9.87. The second-order valence-electron chi connectivity index (χ2n) is 9.87. The van der Waals surface area contributed by atoms with Crippen LogP contribution in [0.25, 0.3) is 5.76 Å². The van der Waals surface area contributed by atoms with Crippen molar-refractivity contribution in [3.63, 3.8) is 0 Å². The molecule has 1 N–H and O–H groups in total. The Morgan fingerprint density at radius 1 is 1.03 bits per heavy atom. The molecule has 200 valence electrons. The van der Waals surface area contributed by atoms with Crippen molar-refractivity contribution < 1.29 is 29.1 Å². The van der Waals surface area contributed by atoms with Crippen molar-refractivity contribution in [3.8, 4) is 11.5 Å². The van der Waals surface area contributed by atoms with E-state index < -0.39 is 23.5 Å². The maximum Gasteiger partial charge on any atom is 0.295 e. The molecular formula is C30H40N2O5. The number of amides is 1. The first-order chi connectivity index (χ1) is 17.7. The Kier molecular flexibility index (Phi) is 9.75. The molecule has 37 heavy (non-hydrogen) atoms. The molecule has 0 aliphatic carbocycles. The monoisotopic (exact) mass is 508 g/mol. The van der Waals surface area contributed by atoms with Crippen LogP contribution in [0.4, 0.5) is 0 Å². The van der Waals surface area contributed by atoms with Crippen LogP contribution < -0.4 is 19.5 Å². The molecule has 0 saturated carbocycles. The van der Waals surface area contributed by atoms with Gasteiger partial charge < -0.3 is 24.4 Å². The molecule has 2 aromatic rings. The molecule has 1 heterocycles. The number of nitrogens with one attached hydrogen (secondary N) is 1. The maximum absolute atomic E-state index is 13.8. The van der Waals surface area contributed by atoms with Gasteiger partial charge in [0.15, 0.2) is 0 Å². The van der Waals surface area contributed by atoms with E-state index in [0.717, 1.165) is 18.7 Å². The van der Waals surface area contributed by atoms with Crippen LogP contribution in [-0.4, -0.2) is 56.0 Å². The maximum atomic E-state index is 13.8. The molecular weight excluding hydrogens is 468 g/mol. The van der Waals surface area contributed by atoms with E-state index in [0.29, 0.717) is 54.8 Å². The summed E-state index contributed by atoms with van der Waals surface area (Å²) < 4.78 is 11.4. The highest BCUT2D eigenvalue weighted by atomic mass is 16.5. The van der Waals surface area contributed by atoms with Gasteiger partial charge in [-0.05, 0) is 74.6 Å². The number of likely N-dealkylation sites (tertiary alicyclic amines) is 1. The van der Waals surface area contributed by atoms with E-state index in [-0.39, 0.29) is 5.57 Å². The zero-order chi connectivity index (χ0) is 27.1. The molecule has 1 fully saturated rings. The largest absolute Gasteiger partial charge is 0.872 e. The highest BCUT2D eigenvalue weighted by Crippen LogP contribution is 2.39. The normalized spacial score (nSPS) is 17.2. The first kappa shape index (κ1) is 28.3.